The molecule has 1 saturated heterocycles. The summed E-state index contributed by atoms with van der Waals surface area (Å²) in [5, 5.41) is 7.23. The molecular weight excluding hydrogens is 332 g/mol. The molecule has 1 unspecified atom stereocenters. The van der Waals surface area contributed by atoms with Crippen molar-refractivity contribution >= 4 is 18.1 Å². The second-order valence-electron chi connectivity index (χ2n) is 7.48. The number of rotatable bonds is 3. The summed E-state index contributed by atoms with van der Waals surface area (Å²) in [5.74, 6) is 1.35. The van der Waals surface area contributed by atoms with Crippen LogP contribution in [0.15, 0.2) is 24.3 Å². The molecule has 2 heterocycles. The highest BCUT2D eigenvalue weighted by Gasteiger charge is 2.37. The molecule has 1 fully saturated rings. The van der Waals surface area contributed by atoms with Crippen LogP contribution in [0.3, 0.4) is 0 Å². The third kappa shape index (κ3) is 3.27. The summed E-state index contributed by atoms with van der Waals surface area (Å²) in [4.78, 5) is 15.3. The predicted molar refractivity (Wildman–Crippen MR) is 101 cm³/mol. The van der Waals surface area contributed by atoms with E-state index in [1.54, 1.807) is 0 Å². The van der Waals surface area contributed by atoms with Crippen molar-refractivity contribution in [3.63, 3.8) is 0 Å². The normalized spacial score (nSPS) is 18.4. The van der Waals surface area contributed by atoms with E-state index in [2.05, 4.69) is 29.3 Å². The SMILES string of the molecule is Cc1ccccc1C(C)(C)C(=O)N1CCCC(c2n[nH]c(=S)n2C)C1. The fraction of sp³-hybridized carbons (Fsp3) is 0.526. The Bertz CT molecular complexity index is 836. The summed E-state index contributed by atoms with van der Waals surface area (Å²) in [6, 6.07) is 8.15. The second-order valence-corrected chi connectivity index (χ2v) is 7.86. The maximum Gasteiger partial charge on any atom is 0.232 e. The lowest BCUT2D eigenvalue weighted by atomic mass is 9.80. The predicted octanol–water partition coefficient (Wildman–Crippen LogP) is 3.47. The molecule has 2 aromatic rings. The van der Waals surface area contributed by atoms with Gasteiger partial charge >= 0.3 is 0 Å². The number of benzene rings is 1. The number of aromatic amines is 1. The highest BCUT2D eigenvalue weighted by molar-refractivity contribution is 7.71. The van der Waals surface area contributed by atoms with Crippen molar-refractivity contribution in [2.75, 3.05) is 13.1 Å². The van der Waals surface area contributed by atoms with Gasteiger partial charge in [0.15, 0.2) is 4.77 Å². The largest absolute Gasteiger partial charge is 0.341 e. The molecule has 1 aromatic heterocycles. The van der Waals surface area contributed by atoms with E-state index in [-0.39, 0.29) is 11.8 Å². The molecule has 134 valence electrons. The lowest BCUT2D eigenvalue weighted by Crippen LogP contribution is -2.48. The first-order valence-electron chi connectivity index (χ1n) is 8.79. The van der Waals surface area contributed by atoms with E-state index in [9.17, 15) is 4.79 Å². The molecule has 0 aliphatic carbocycles. The van der Waals surface area contributed by atoms with Crippen LogP contribution in [0.25, 0.3) is 0 Å². The molecule has 1 N–H and O–H groups in total. The smallest absolute Gasteiger partial charge is 0.232 e. The van der Waals surface area contributed by atoms with Crippen molar-refractivity contribution in [3.8, 4) is 0 Å². The Kier molecular flexibility index (Phi) is 4.82. The summed E-state index contributed by atoms with van der Waals surface area (Å²) in [5.41, 5.74) is 1.72. The number of aryl methyl sites for hydroxylation is 1. The molecular formula is C19H26N4OS. The molecule has 0 bridgehead atoms. The zero-order valence-electron chi connectivity index (χ0n) is 15.4. The van der Waals surface area contributed by atoms with Crippen LogP contribution < -0.4 is 0 Å². The minimum Gasteiger partial charge on any atom is -0.341 e. The van der Waals surface area contributed by atoms with Crippen LogP contribution in [0.4, 0.5) is 0 Å². The van der Waals surface area contributed by atoms with E-state index >= 15 is 0 Å². The number of nitrogens with one attached hydrogen (secondary N) is 1. The first-order chi connectivity index (χ1) is 11.8. The zero-order valence-corrected chi connectivity index (χ0v) is 16.2. The molecule has 6 heteroatoms. The van der Waals surface area contributed by atoms with E-state index < -0.39 is 5.41 Å². The Hall–Kier alpha value is -1.95. The van der Waals surface area contributed by atoms with Gasteiger partial charge in [-0.3, -0.25) is 9.89 Å². The lowest BCUT2D eigenvalue weighted by molar-refractivity contribution is -0.137. The number of likely N-dealkylation sites (tertiary alicyclic amines) is 1. The average molecular weight is 359 g/mol. The monoisotopic (exact) mass is 358 g/mol. The molecule has 3 rings (SSSR count). The van der Waals surface area contributed by atoms with Crippen LogP contribution in [-0.2, 0) is 17.3 Å². The maximum atomic E-state index is 13.3. The number of carbonyl (C=O) groups is 1. The topological polar surface area (TPSA) is 53.9 Å². The third-order valence-corrected chi connectivity index (χ3v) is 5.71. The van der Waals surface area contributed by atoms with Crippen LogP contribution >= 0.6 is 12.2 Å². The fourth-order valence-electron chi connectivity index (χ4n) is 3.88. The number of H-pyrrole nitrogens is 1. The Labute approximate surface area is 154 Å². The van der Waals surface area contributed by atoms with Crippen molar-refractivity contribution < 1.29 is 4.79 Å². The Morgan fingerprint density at radius 1 is 1.36 bits per heavy atom. The van der Waals surface area contributed by atoms with Crippen molar-refractivity contribution in [2.45, 2.75) is 44.9 Å². The maximum absolute atomic E-state index is 13.3. The van der Waals surface area contributed by atoms with Crippen LogP contribution in [0.5, 0.6) is 0 Å². The van der Waals surface area contributed by atoms with E-state index in [0.29, 0.717) is 11.3 Å². The van der Waals surface area contributed by atoms with Crippen LogP contribution in [0, 0.1) is 11.7 Å². The number of hydrogen-bond acceptors (Lipinski definition) is 3. The summed E-state index contributed by atoms with van der Waals surface area (Å²) in [7, 11) is 1.93. The van der Waals surface area contributed by atoms with Crippen molar-refractivity contribution in [3.05, 3.63) is 46.0 Å². The van der Waals surface area contributed by atoms with E-state index in [1.807, 2.05) is 42.5 Å². The lowest BCUT2D eigenvalue weighted by Gasteiger charge is -2.38. The highest BCUT2D eigenvalue weighted by Crippen LogP contribution is 2.32. The van der Waals surface area contributed by atoms with Gasteiger partial charge in [-0.25, -0.2) is 0 Å². The number of aromatic nitrogens is 3. The Balaban J connectivity index is 1.83. The molecule has 0 radical (unpaired) electrons. The quantitative estimate of drug-likeness (QED) is 0.855. The third-order valence-electron chi connectivity index (χ3n) is 5.34. The van der Waals surface area contributed by atoms with Gasteiger partial charge in [-0.05, 0) is 57.0 Å². The van der Waals surface area contributed by atoms with E-state index in [4.69, 9.17) is 12.2 Å². The van der Waals surface area contributed by atoms with Crippen LogP contribution in [0.2, 0.25) is 0 Å². The molecule has 1 atom stereocenters. The fourth-order valence-corrected chi connectivity index (χ4v) is 4.02. The number of amides is 1. The summed E-state index contributed by atoms with van der Waals surface area (Å²) in [6.07, 6.45) is 2.02. The summed E-state index contributed by atoms with van der Waals surface area (Å²) < 4.78 is 2.54. The summed E-state index contributed by atoms with van der Waals surface area (Å²) in [6.45, 7) is 7.62. The van der Waals surface area contributed by atoms with Gasteiger partial charge < -0.3 is 9.47 Å². The molecule has 5 nitrogen and oxygen atoms in total. The minimum absolute atomic E-state index is 0.184. The highest BCUT2D eigenvalue weighted by atomic mass is 32.1. The molecule has 1 amide bonds. The van der Waals surface area contributed by atoms with Gasteiger partial charge in [0.1, 0.15) is 5.82 Å². The molecule has 1 aromatic carbocycles. The van der Waals surface area contributed by atoms with Crippen molar-refractivity contribution in [1.29, 1.82) is 0 Å². The van der Waals surface area contributed by atoms with Gasteiger partial charge in [-0.15, -0.1) is 0 Å². The van der Waals surface area contributed by atoms with Crippen LogP contribution in [-0.4, -0.2) is 38.7 Å². The van der Waals surface area contributed by atoms with Gasteiger partial charge in [0.05, 0.1) is 5.41 Å². The zero-order chi connectivity index (χ0) is 18.2. The number of hydrogen-bond donors (Lipinski definition) is 1. The van der Waals surface area contributed by atoms with Crippen molar-refractivity contribution in [1.82, 2.24) is 19.7 Å². The average Bonchev–Trinajstić information content (AvgIpc) is 2.94. The van der Waals surface area contributed by atoms with E-state index in [0.717, 1.165) is 36.3 Å². The molecule has 0 spiro atoms. The molecule has 25 heavy (non-hydrogen) atoms. The molecule has 1 aliphatic heterocycles. The van der Waals surface area contributed by atoms with Gasteiger partial charge in [0.25, 0.3) is 0 Å². The first-order valence-corrected chi connectivity index (χ1v) is 9.20. The Morgan fingerprint density at radius 2 is 2.08 bits per heavy atom. The van der Waals surface area contributed by atoms with Gasteiger partial charge in [0.2, 0.25) is 5.91 Å². The second kappa shape index (κ2) is 6.75. The van der Waals surface area contributed by atoms with Gasteiger partial charge in [-0.1, -0.05) is 24.3 Å². The number of piperidine rings is 1. The molecule has 1 aliphatic rings. The standard InChI is InChI=1S/C19H26N4OS/c1-13-8-5-6-10-15(13)19(2,3)17(24)23-11-7-9-14(12-23)16-20-21-18(25)22(16)4/h5-6,8,10,14H,7,9,11-12H2,1-4H3,(H,21,25). The van der Waals surface area contributed by atoms with Gasteiger partial charge in [0, 0.05) is 26.1 Å². The number of nitrogens with zero attached hydrogens (tertiary/aromatic N) is 3. The first kappa shape index (κ1) is 17.9. The van der Waals surface area contributed by atoms with Gasteiger partial charge in [-0.2, -0.15) is 5.10 Å². The summed E-state index contributed by atoms with van der Waals surface area (Å²) >= 11 is 5.23. The van der Waals surface area contributed by atoms with Crippen LogP contribution in [0.1, 0.15) is 49.6 Å². The van der Waals surface area contributed by atoms with E-state index in [1.165, 1.54) is 0 Å². The Morgan fingerprint density at radius 3 is 2.72 bits per heavy atom. The minimum atomic E-state index is -0.538. The van der Waals surface area contributed by atoms with Crippen molar-refractivity contribution in [2.24, 2.45) is 7.05 Å². The molecule has 0 saturated carbocycles. The number of carbonyl (C=O) groups excluding carboxylic acids is 1.